The van der Waals surface area contributed by atoms with Crippen LogP contribution < -0.4 is 5.73 Å². The Morgan fingerprint density at radius 3 is 2.79 bits per heavy atom. The molecule has 0 bridgehead atoms. The molecule has 19 heavy (non-hydrogen) atoms. The molecule has 0 amide bonds. The third-order valence-corrected chi connectivity index (χ3v) is 4.29. The number of nitrogens with two attached hydrogens (primary N) is 1. The number of benzene rings is 1. The van der Waals surface area contributed by atoms with Gasteiger partial charge in [0.1, 0.15) is 5.82 Å². The lowest BCUT2D eigenvalue weighted by atomic mass is 9.88. The molecular weight excluding hydrogens is 311 g/mol. The quantitative estimate of drug-likeness (QED) is 0.941. The first-order chi connectivity index (χ1) is 9.02. The number of halogens is 2. The minimum atomic E-state index is -0.252. The maximum Gasteiger partial charge on any atom is 0.138 e. The summed E-state index contributed by atoms with van der Waals surface area (Å²) < 4.78 is 21.6. The molecule has 1 aliphatic rings. The Bertz CT molecular complexity index is 634. The normalized spacial score (nSPS) is 17.7. The van der Waals surface area contributed by atoms with Crippen LogP contribution in [0, 0.1) is 11.2 Å². The molecule has 2 N–H and O–H groups in total. The number of rotatable bonds is 3. The van der Waals surface area contributed by atoms with Gasteiger partial charge in [-0.2, -0.15) is 0 Å². The van der Waals surface area contributed by atoms with Crippen molar-refractivity contribution in [2.24, 2.45) is 11.1 Å². The summed E-state index contributed by atoms with van der Waals surface area (Å²) in [6.07, 6.45) is 2.03. The van der Waals surface area contributed by atoms with Crippen LogP contribution in [-0.2, 0) is 17.8 Å². The largest absolute Gasteiger partial charge is 0.380 e. The summed E-state index contributed by atoms with van der Waals surface area (Å²) in [7, 11) is 0. The monoisotopic (exact) mass is 326 g/mol. The van der Waals surface area contributed by atoms with Crippen LogP contribution in [0.25, 0.3) is 10.9 Å². The lowest BCUT2D eigenvalue weighted by molar-refractivity contribution is -0.109. The van der Waals surface area contributed by atoms with Crippen molar-refractivity contribution in [3.63, 3.8) is 0 Å². The maximum atomic E-state index is 13.7. The third kappa shape index (κ3) is 2.20. The van der Waals surface area contributed by atoms with Crippen LogP contribution in [-0.4, -0.2) is 17.8 Å². The van der Waals surface area contributed by atoms with Crippen molar-refractivity contribution in [2.75, 3.05) is 13.2 Å². The fourth-order valence-electron chi connectivity index (χ4n) is 2.60. The molecule has 1 saturated heterocycles. The molecule has 3 nitrogen and oxygen atoms in total. The van der Waals surface area contributed by atoms with E-state index in [9.17, 15) is 4.39 Å². The molecule has 5 heteroatoms. The van der Waals surface area contributed by atoms with Gasteiger partial charge in [-0.3, -0.25) is 0 Å². The Labute approximate surface area is 119 Å². The van der Waals surface area contributed by atoms with Gasteiger partial charge in [0.2, 0.25) is 0 Å². The fraction of sp³-hybridized carbons (Fsp3) is 0.429. The second-order valence-electron chi connectivity index (χ2n) is 5.57. The van der Waals surface area contributed by atoms with Crippen molar-refractivity contribution < 1.29 is 9.13 Å². The van der Waals surface area contributed by atoms with Crippen molar-refractivity contribution in [1.82, 2.24) is 4.57 Å². The average Bonchev–Trinajstić information content (AvgIpc) is 2.66. The first kappa shape index (κ1) is 13.1. The maximum absolute atomic E-state index is 13.7. The highest BCUT2D eigenvalue weighted by atomic mass is 79.9. The lowest BCUT2D eigenvalue weighted by Gasteiger charge is -2.38. The zero-order valence-electron chi connectivity index (χ0n) is 10.7. The highest BCUT2D eigenvalue weighted by Gasteiger charge is 2.34. The van der Waals surface area contributed by atoms with Crippen LogP contribution in [0.1, 0.15) is 12.5 Å². The number of hydrogen-bond donors (Lipinski definition) is 1. The van der Waals surface area contributed by atoms with Crippen LogP contribution in [0.2, 0.25) is 0 Å². The molecule has 0 aliphatic carbocycles. The third-order valence-electron chi connectivity index (χ3n) is 3.68. The Balaban J connectivity index is 2.10. The molecule has 1 aliphatic heterocycles. The zero-order chi connectivity index (χ0) is 13.6. The van der Waals surface area contributed by atoms with E-state index >= 15 is 0 Å². The van der Waals surface area contributed by atoms with Crippen LogP contribution in [0.3, 0.4) is 0 Å². The number of hydrogen-bond acceptors (Lipinski definition) is 2. The SMILES string of the molecule is CC1(Cn2cc(CN)c3cc(F)c(Br)cc32)COC1. The summed E-state index contributed by atoms with van der Waals surface area (Å²) in [4.78, 5) is 0. The first-order valence-electron chi connectivity index (χ1n) is 6.27. The molecule has 1 aromatic heterocycles. The Morgan fingerprint density at radius 2 is 2.21 bits per heavy atom. The molecule has 0 atom stereocenters. The van der Waals surface area contributed by atoms with Gasteiger partial charge in [-0.05, 0) is 33.6 Å². The predicted molar refractivity (Wildman–Crippen MR) is 76.4 cm³/mol. The van der Waals surface area contributed by atoms with E-state index in [0.29, 0.717) is 11.0 Å². The lowest BCUT2D eigenvalue weighted by Crippen LogP contribution is -2.43. The number of fused-ring (bicyclic) bond motifs is 1. The van der Waals surface area contributed by atoms with Crippen LogP contribution in [0.5, 0.6) is 0 Å². The molecule has 3 rings (SSSR count). The molecule has 0 saturated carbocycles. The van der Waals surface area contributed by atoms with E-state index in [1.165, 1.54) is 0 Å². The van der Waals surface area contributed by atoms with Crippen LogP contribution >= 0.6 is 15.9 Å². The van der Waals surface area contributed by atoms with Gasteiger partial charge in [-0.15, -0.1) is 0 Å². The topological polar surface area (TPSA) is 40.2 Å². The fourth-order valence-corrected chi connectivity index (χ4v) is 2.94. The van der Waals surface area contributed by atoms with E-state index in [1.54, 1.807) is 6.07 Å². The van der Waals surface area contributed by atoms with Gasteiger partial charge < -0.3 is 15.0 Å². The highest BCUT2D eigenvalue weighted by molar-refractivity contribution is 9.10. The van der Waals surface area contributed by atoms with Crippen LogP contribution in [0.4, 0.5) is 4.39 Å². The van der Waals surface area contributed by atoms with Crippen molar-refractivity contribution >= 4 is 26.8 Å². The zero-order valence-corrected chi connectivity index (χ0v) is 12.3. The van der Waals surface area contributed by atoms with Gasteiger partial charge in [-0.25, -0.2) is 4.39 Å². The van der Waals surface area contributed by atoms with Gasteiger partial charge in [-0.1, -0.05) is 6.92 Å². The van der Waals surface area contributed by atoms with Crippen molar-refractivity contribution in [3.8, 4) is 0 Å². The van der Waals surface area contributed by atoms with Gasteiger partial charge in [0.25, 0.3) is 0 Å². The van der Waals surface area contributed by atoms with E-state index in [1.807, 2.05) is 12.3 Å². The smallest absolute Gasteiger partial charge is 0.138 e. The molecule has 0 unspecified atom stereocenters. The molecule has 2 heterocycles. The van der Waals surface area contributed by atoms with Gasteiger partial charge >= 0.3 is 0 Å². The van der Waals surface area contributed by atoms with Gasteiger partial charge in [0.15, 0.2) is 0 Å². The summed E-state index contributed by atoms with van der Waals surface area (Å²) in [5.74, 6) is -0.252. The van der Waals surface area contributed by atoms with Gasteiger partial charge in [0, 0.05) is 35.6 Å². The van der Waals surface area contributed by atoms with Crippen molar-refractivity contribution in [3.05, 3.63) is 34.2 Å². The molecule has 102 valence electrons. The van der Waals surface area contributed by atoms with Gasteiger partial charge in [0.05, 0.1) is 17.7 Å². The molecule has 2 aromatic rings. The summed E-state index contributed by atoms with van der Waals surface area (Å²) in [5.41, 5.74) is 7.91. The molecule has 0 radical (unpaired) electrons. The summed E-state index contributed by atoms with van der Waals surface area (Å²) in [6.45, 7) is 5.02. The summed E-state index contributed by atoms with van der Waals surface area (Å²) in [5, 5.41) is 0.895. The summed E-state index contributed by atoms with van der Waals surface area (Å²) >= 11 is 3.25. The number of ether oxygens (including phenoxy) is 1. The van der Waals surface area contributed by atoms with Crippen LogP contribution in [0.15, 0.2) is 22.8 Å². The predicted octanol–water partition coefficient (Wildman–Crippen LogP) is 3.04. The van der Waals surface area contributed by atoms with E-state index in [0.717, 1.165) is 36.2 Å². The standard InChI is InChI=1S/C14H16BrFN2O/c1-14(7-19-8-14)6-18-5-9(4-17)10-2-12(16)11(15)3-13(10)18/h2-3,5H,4,6-8,17H2,1H3. The molecule has 1 aromatic carbocycles. The molecule has 1 fully saturated rings. The molecular formula is C14H16BrFN2O. The van der Waals surface area contributed by atoms with Crippen molar-refractivity contribution in [1.29, 1.82) is 0 Å². The second kappa shape index (κ2) is 4.58. The van der Waals surface area contributed by atoms with E-state index in [-0.39, 0.29) is 11.2 Å². The average molecular weight is 327 g/mol. The minimum absolute atomic E-state index is 0.165. The Hall–Kier alpha value is -0.910. The minimum Gasteiger partial charge on any atom is -0.380 e. The first-order valence-corrected chi connectivity index (χ1v) is 7.06. The second-order valence-corrected chi connectivity index (χ2v) is 6.43. The Kier molecular flexibility index (Phi) is 3.15. The van der Waals surface area contributed by atoms with E-state index < -0.39 is 0 Å². The summed E-state index contributed by atoms with van der Waals surface area (Å²) in [6, 6.07) is 3.38. The van der Waals surface area contributed by atoms with E-state index in [4.69, 9.17) is 10.5 Å². The highest BCUT2D eigenvalue weighted by Crippen LogP contribution is 2.33. The molecule has 0 spiro atoms. The van der Waals surface area contributed by atoms with E-state index in [2.05, 4.69) is 27.4 Å². The number of nitrogens with zero attached hydrogens (tertiary/aromatic N) is 1. The number of aromatic nitrogens is 1. The van der Waals surface area contributed by atoms with Crippen molar-refractivity contribution in [2.45, 2.75) is 20.0 Å². The Morgan fingerprint density at radius 1 is 1.47 bits per heavy atom.